The summed E-state index contributed by atoms with van der Waals surface area (Å²) in [6, 6.07) is 15.5. The molecule has 0 atom stereocenters. The lowest BCUT2D eigenvalue weighted by molar-refractivity contribution is 0.306. The van der Waals surface area contributed by atoms with E-state index in [1.54, 1.807) is 6.08 Å². The van der Waals surface area contributed by atoms with Crippen molar-refractivity contribution in [2.45, 2.75) is 25.0 Å². The highest BCUT2D eigenvalue weighted by molar-refractivity contribution is 6.32. The van der Waals surface area contributed by atoms with E-state index in [-0.39, 0.29) is 0 Å². The number of hydrogen-bond acceptors (Lipinski definition) is 3. The number of hydrogen-bond donors (Lipinski definition) is 0. The molecule has 3 rings (SSSR count). The Bertz CT molecular complexity index is 689. The van der Waals surface area contributed by atoms with Crippen LogP contribution >= 0.6 is 11.6 Å². The standard InChI is InChI=1S/C17H14ClNO2/c18-15-10-14(17(8-9-17)19-12-20)6-7-16(15)21-11-13-4-2-1-3-5-13/h1-7,10H,8-9,11H2. The lowest BCUT2D eigenvalue weighted by Crippen LogP contribution is -2.03. The normalized spacial score (nSPS) is 15.1. The number of isocyanates is 1. The lowest BCUT2D eigenvalue weighted by atomic mass is 10.1. The summed E-state index contributed by atoms with van der Waals surface area (Å²) in [5, 5.41) is 0.538. The molecule has 0 unspecified atom stereocenters. The fourth-order valence-electron chi connectivity index (χ4n) is 2.31. The highest BCUT2D eigenvalue weighted by Gasteiger charge is 2.45. The molecule has 0 aliphatic heterocycles. The van der Waals surface area contributed by atoms with Crippen LogP contribution in [-0.4, -0.2) is 6.08 Å². The number of halogens is 1. The van der Waals surface area contributed by atoms with Crippen molar-refractivity contribution in [2.75, 3.05) is 0 Å². The minimum absolute atomic E-state index is 0.399. The number of carbonyl (C=O) groups excluding carboxylic acids is 1. The third-order valence-corrected chi connectivity index (χ3v) is 3.99. The maximum atomic E-state index is 10.5. The number of nitrogens with zero attached hydrogens (tertiary/aromatic N) is 1. The molecular weight excluding hydrogens is 286 g/mol. The summed E-state index contributed by atoms with van der Waals surface area (Å²) in [7, 11) is 0. The van der Waals surface area contributed by atoms with Gasteiger partial charge in [-0.15, -0.1) is 0 Å². The van der Waals surface area contributed by atoms with Gasteiger partial charge in [-0.25, -0.2) is 4.79 Å². The van der Waals surface area contributed by atoms with E-state index in [2.05, 4.69) is 4.99 Å². The molecule has 0 heterocycles. The summed E-state index contributed by atoms with van der Waals surface area (Å²) < 4.78 is 5.73. The van der Waals surface area contributed by atoms with E-state index in [0.29, 0.717) is 17.4 Å². The van der Waals surface area contributed by atoms with Crippen LogP contribution in [0.15, 0.2) is 53.5 Å². The Morgan fingerprint density at radius 3 is 2.57 bits per heavy atom. The third-order valence-electron chi connectivity index (χ3n) is 3.69. The zero-order chi connectivity index (χ0) is 14.7. The molecule has 0 saturated heterocycles. The largest absolute Gasteiger partial charge is 0.487 e. The molecule has 106 valence electrons. The van der Waals surface area contributed by atoms with Crippen LogP contribution in [0.3, 0.4) is 0 Å². The van der Waals surface area contributed by atoms with Crippen LogP contribution in [0.25, 0.3) is 0 Å². The Morgan fingerprint density at radius 1 is 1.19 bits per heavy atom. The molecule has 2 aromatic carbocycles. The Kier molecular flexibility index (Phi) is 3.78. The Hall–Kier alpha value is -2.09. The van der Waals surface area contributed by atoms with Crippen LogP contribution in [0, 0.1) is 0 Å². The number of ether oxygens (including phenoxy) is 1. The number of benzene rings is 2. The van der Waals surface area contributed by atoms with E-state index in [0.717, 1.165) is 24.0 Å². The van der Waals surface area contributed by atoms with Crippen molar-refractivity contribution >= 4 is 17.7 Å². The van der Waals surface area contributed by atoms with Gasteiger partial charge < -0.3 is 4.74 Å². The van der Waals surface area contributed by atoms with Gasteiger partial charge in [0.05, 0.1) is 10.6 Å². The van der Waals surface area contributed by atoms with Gasteiger partial charge in [0.25, 0.3) is 0 Å². The quantitative estimate of drug-likeness (QED) is 0.612. The van der Waals surface area contributed by atoms with E-state index < -0.39 is 5.54 Å². The lowest BCUT2D eigenvalue weighted by Gasteiger charge is -2.12. The van der Waals surface area contributed by atoms with Crippen molar-refractivity contribution in [1.29, 1.82) is 0 Å². The van der Waals surface area contributed by atoms with E-state index in [9.17, 15) is 4.79 Å². The molecule has 0 radical (unpaired) electrons. The van der Waals surface area contributed by atoms with Gasteiger partial charge in [-0.1, -0.05) is 48.0 Å². The molecule has 0 N–H and O–H groups in total. The van der Waals surface area contributed by atoms with Crippen molar-refractivity contribution in [3.05, 3.63) is 64.7 Å². The number of aliphatic imine (C=N–C) groups is 1. The van der Waals surface area contributed by atoms with Gasteiger partial charge in [-0.05, 0) is 36.1 Å². The van der Waals surface area contributed by atoms with Gasteiger partial charge in [0.15, 0.2) is 0 Å². The first kappa shape index (κ1) is 13.9. The van der Waals surface area contributed by atoms with Gasteiger partial charge in [0.1, 0.15) is 12.4 Å². The second kappa shape index (κ2) is 5.72. The summed E-state index contributed by atoms with van der Waals surface area (Å²) in [5.41, 5.74) is 1.63. The summed E-state index contributed by atoms with van der Waals surface area (Å²) in [5.74, 6) is 0.634. The number of rotatable bonds is 5. The molecule has 21 heavy (non-hydrogen) atoms. The molecule has 1 aliphatic rings. The molecule has 0 aromatic heterocycles. The molecule has 0 bridgehead atoms. The van der Waals surface area contributed by atoms with Gasteiger partial charge >= 0.3 is 0 Å². The van der Waals surface area contributed by atoms with E-state index in [4.69, 9.17) is 16.3 Å². The maximum absolute atomic E-state index is 10.5. The van der Waals surface area contributed by atoms with Crippen LogP contribution in [-0.2, 0) is 16.9 Å². The van der Waals surface area contributed by atoms with E-state index in [1.165, 1.54) is 0 Å². The Balaban J connectivity index is 1.75. The first-order chi connectivity index (χ1) is 10.2. The average Bonchev–Trinajstić information content (AvgIpc) is 3.28. The smallest absolute Gasteiger partial charge is 0.235 e. The highest BCUT2D eigenvalue weighted by atomic mass is 35.5. The predicted octanol–water partition coefficient (Wildman–Crippen LogP) is 4.24. The van der Waals surface area contributed by atoms with Gasteiger partial charge in [-0.2, -0.15) is 4.99 Å². The molecular formula is C17H14ClNO2. The SMILES string of the molecule is O=C=NC1(c2ccc(OCc3ccccc3)c(Cl)c2)CC1. The zero-order valence-electron chi connectivity index (χ0n) is 11.4. The van der Waals surface area contributed by atoms with E-state index in [1.807, 2.05) is 48.5 Å². The van der Waals surface area contributed by atoms with Crippen molar-refractivity contribution in [2.24, 2.45) is 4.99 Å². The molecule has 0 amide bonds. The van der Waals surface area contributed by atoms with Crippen molar-refractivity contribution in [3.63, 3.8) is 0 Å². The monoisotopic (exact) mass is 299 g/mol. The van der Waals surface area contributed by atoms with Gasteiger partial charge in [-0.3, -0.25) is 0 Å². The molecule has 1 aliphatic carbocycles. The van der Waals surface area contributed by atoms with Crippen LogP contribution in [0.5, 0.6) is 5.75 Å². The first-order valence-corrected chi connectivity index (χ1v) is 7.17. The Labute approximate surface area is 128 Å². The second-order valence-electron chi connectivity index (χ2n) is 5.15. The van der Waals surface area contributed by atoms with Crippen LogP contribution in [0.1, 0.15) is 24.0 Å². The summed E-state index contributed by atoms with van der Waals surface area (Å²) in [4.78, 5) is 14.4. The molecule has 4 heteroatoms. The molecule has 3 nitrogen and oxygen atoms in total. The Morgan fingerprint density at radius 2 is 1.95 bits per heavy atom. The minimum Gasteiger partial charge on any atom is -0.487 e. The van der Waals surface area contributed by atoms with E-state index >= 15 is 0 Å². The van der Waals surface area contributed by atoms with Crippen LogP contribution in [0.2, 0.25) is 5.02 Å². The van der Waals surface area contributed by atoms with Gasteiger partial charge in [0.2, 0.25) is 6.08 Å². The molecule has 1 fully saturated rings. The maximum Gasteiger partial charge on any atom is 0.235 e. The summed E-state index contributed by atoms with van der Waals surface area (Å²) in [6.07, 6.45) is 3.38. The fourth-order valence-corrected chi connectivity index (χ4v) is 2.55. The highest BCUT2D eigenvalue weighted by Crippen LogP contribution is 2.50. The first-order valence-electron chi connectivity index (χ1n) is 6.79. The zero-order valence-corrected chi connectivity index (χ0v) is 12.1. The van der Waals surface area contributed by atoms with Crippen molar-refractivity contribution in [1.82, 2.24) is 0 Å². The molecule has 0 spiro atoms. The van der Waals surface area contributed by atoms with Crippen molar-refractivity contribution in [3.8, 4) is 5.75 Å². The average molecular weight is 300 g/mol. The predicted molar refractivity (Wildman–Crippen MR) is 81.3 cm³/mol. The molecule has 1 saturated carbocycles. The summed E-state index contributed by atoms with van der Waals surface area (Å²) in [6.45, 7) is 0.470. The minimum atomic E-state index is -0.399. The second-order valence-corrected chi connectivity index (χ2v) is 5.56. The van der Waals surface area contributed by atoms with Crippen LogP contribution < -0.4 is 4.74 Å². The van der Waals surface area contributed by atoms with Gasteiger partial charge in [0, 0.05) is 0 Å². The third kappa shape index (κ3) is 2.99. The topological polar surface area (TPSA) is 38.7 Å². The van der Waals surface area contributed by atoms with Crippen LogP contribution in [0.4, 0.5) is 0 Å². The summed E-state index contributed by atoms with van der Waals surface area (Å²) >= 11 is 6.26. The molecule has 2 aromatic rings. The fraction of sp³-hybridized carbons (Fsp3) is 0.235. The van der Waals surface area contributed by atoms with Crippen molar-refractivity contribution < 1.29 is 9.53 Å².